The van der Waals surface area contributed by atoms with Crippen molar-refractivity contribution >= 4 is 27.5 Å². The van der Waals surface area contributed by atoms with Crippen molar-refractivity contribution in [3.8, 4) is 0 Å². The zero-order chi connectivity index (χ0) is 17.6. The minimum absolute atomic E-state index is 0.00396. The van der Waals surface area contributed by atoms with Crippen LogP contribution in [0, 0.1) is 0 Å². The summed E-state index contributed by atoms with van der Waals surface area (Å²) in [5.41, 5.74) is 0.845. The van der Waals surface area contributed by atoms with Gasteiger partial charge < -0.3 is 13.7 Å². The normalized spacial score (nSPS) is 11.0. The van der Waals surface area contributed by atoms with Crippen LogP contribution in [-0.2, 0) is 17.9 Å². The van der Waals surface area contributed by atoms with Crippen molar-refractivity contribution in [2.75, 3.05) is 18.5 Å². The molecule has 3 rings (SSSR count). The van der Waals surface area contributed by atoms with Gasteiger partial charge in [0.15, 0.2) is 4.67 Å². The van der Waals surface area contributed by atoms with Gasteiger partial charge in [0.2, 0.25) is 5.91 Å². The van der Waals surface area contributed by atoms with Crippen LogP contribution in [0.1, 0.15) is 11.5 Å². The Balaban J connectivity index is 1.70. The van der Waals surface area contributed by atoms with Crippen molar-refractivity contribution in [3.63, 3.8) is 0 Å². The lowest BCUT2D eigenvalue weighted by Crippen LogP contribution is -2.38. The van der Waals surface area contributed by atoms with Crippen molar-refractivity contribution in [1.29, 1.82) is 0 Å². The Morgan fingerprint density at radius 3 is 2.44 bits per heavy atom. The molecule has 0 unspecified atom stereocenters. The molecule has 0 fully saturated rings. The Hall–Kier alpha value is -2.31. The molecule has 1 amide bonds. The molecule has 6 heteroatoms. The van der Waals surface area contributed by atoms with Crippen molar-refractivity contribution < 1.29 is 13.6 Å². The summed E-state index contributed by atoms with van der Waals surface area (Å²) >= 11 is 3.29. The number of amides is 1. The highest BCUT2D eigenvalue weighted by atomic mass is 79.9. The van der Waals surface area contributed by atoms with Gasteiger partial charge in [-0.2, -0.15) is 0 Å². The van der Waals surface area contributed by atoms with Crippen LogP contribution in [0.15, 0.2) is 74.4 Å². The molecule has 0 atom stereocenters. The van der Waals surface area contributed by atoms with Gasteiger partial charge >= 0.3 is 0 Å². The highest BCUT2D eigenvalue weighted by Crippen LogP contribution is 2.19. The van der Waals surface area contributed by atoms with Crippen LogP contribution in [0.25, 0.3) is 0 Å². The van der Waals surface area contributed by atoms with Crippen molar-refractivity contribution in [2.24, 2.45) is 0 Å². The van der Waals surface area contributed by atoms with Gasteiger partial charge in [-0.05, 0) is 59.4 Å². The fourth-order valence-corrected chi connectivity index (χ4v) is 2.90. The third-order valence-corrected chi connectivity index (χ3v) is 4.15. The molecule has 3 aromatic rings. The van der Waals surface area contributed by atoms with E-state index < -0.39 is 0 Å². The van der Waals surface area contributed by atoms with E-state index in [0.717, 1.165) is 17.2 Å². The number of benzene rings is 1. The number of hydrogen-bond acceptors (Lipinski definition) is 4. The van der Waals surface area contributed by atoms with Crippen LogP contribution in [-0.4, -0.2) is 24.4 Å². The Morgan fingerprint density at radius 1 is 1.00 bits per heavy atom. The molecule has 0 aliphatic carbocycles. The molecule has 2 aromatic heterocycles. The Bertz CT molecular complexity index is 799. The summed E-state index contributed by atoms with van der Waals surface area (Å²) in [6, 6.07) is 17.0. The molecule has 0 saturated heterocycles. The predicted molar refractivity (Wildman–Crippen MR) is 99.1 cm³/mol. The van der Waals surface area contributed by atoms with Crippen LogP contribution < -0.4 is 4.90 Å². The molecular weight excluding hydrogens is 384 g/mol. The minimum atomic E-state index is -0.00396. The summed E-state index contributed by atoms with van der Waals surface area (Å²) in [5.74, 6) is 1.55. The fourth-order valence-electron chi connectivity index (χ4n) is 2.56. The molecule has 0 radical (unpaired) electrons. The number of halogens is 1. The van der Waals surface area contributed by atoms with Gasteiger partial charge in [-0.1, -0.05) is 18.2 Å². The monoisotopic (exact) mass is 402 g/mol. The van der Waals surface area contributed by atoms with E-state index in [0.29, 0.717) is 17.8 Å². The topological polar surface area (TPSA) is 49.8 Å². The van der Waals surface area contributed by atoms with Gasteiger partial charge in [0.05, 0.1) is 25.9 Å². The smallest absolute Gasteiger partial charge is 0.241 e. The van der Waals surface area contributed by atoms with Gasteiger partial charge in [0.25, 0.3) is 0 Å². The number of nitrogens with zero attached hydrogens (tertiary/aromatic N) is 2. The Kier molecular flexibility index (Phi) is 5.73. The van der Waals surface area contributed by atoms with Crippen LogP contribution in [0.4, 0.5) is 5.69 Å². The average molecular weight is 403 g/mol. The molecule has 130 valence electrons. The third-order valence-electron chi connectivity index (χ3n) is 3.72. The zero-order valence-corrected chi connectivity index (χ0v) is 15.5. The second-order valence-electron chi connectivity index (χ2n) is 5.77. The van der Waals surface area contributed by atoms with Gasteiger partial charge in [-0.25, -0.2) is 0 Å². The lowest BCUT2D eigenvalue weighted by atomic mass is 10.2. The predicted octanol–water partition coefficient (Wildman–Crippen LogP) is 4.30. The first-order chi connectivity index (χ1) is 12.1. The number of carbonyl (C=O) groups excluding carboxylic acids is 1. The third kappa shape index (κ3) is 4.84. The number of rotatable bonds is 7. The summed E-state index contributed by atoms with van der Waals surface area (Å²) in [4.78, 5) is 16.5. The highest BCUT2D eigenvalue weighted by molar-refractivity contribution is 9.10. The zero-order valence-electron chi connectivity index (χ0n) is 13.9. The quantitative estimate of drug-likeness (QED) is 0.590. The lowest BCUT2D eigenvalue weighted by Gasteiger charge is -2.24. The average Bonchev–Trinajstić information content (AvgIpc) is 3.25. The SMILES string of the molecule is CN(CC(=O)N(Cc1ccco1)c1ccccc1)Cc1ccc(Br)o1. The molecule has 0 N–H and O–H groups in total. The fraction of sp³-hybridized carbons (Fsp3) is 0.211. The molecule has 2 heterocycles. The number of furan rings is 2. The standard InChI is InChI=1S/C19H19BrN2O3/c1-21(12-17-9-10-18(20)25-17)14-19(23)22(13-16-8-5-11-24-16)15-6-3-2-4-7-15/h2-11H,12-14H2,1H3. The summed E-state index contributed by atoms with van der Waals surface area (Å²) in [7, 11) is 1.89. The molecule has 5 nitrogen and oxygen atoms in total. The van der Waals surface area contributed by atoms with E-state index in [2.05, 4.69) is 15.9 Å². The van der Waals surface area contributed by atoms with E-state index in [-0.39, 0.29) is 12.5 Å². The maximum atomic E-state index is 12.9. The molecular formula is C19H19BrN2O3. The highest BCUT2D eigenvalue weighted by Gasteiger charge is 2.19. The number of carbonyl (C=O) groups is 1. The summed E-state index contributed by atoms with van der Waals surface area (Å²) < 4.78 is 11.6. The molecule has 0 saturated carbocycles. The van der Waals surface area contributed by atoms with Gasteiger partial charge in [0.1, 0.15) is 11.5 Å². The first kappa shape index (κ1) is 17.5. The van der Waals surface area contributed by atoms with Crippen molar-refractivity contribution in [1.82, 2.24) is 4.90 Å². The number of hydrogen-bond donors (Lipinski definition) is 0. The van der Waals surface area contributed by atoms with Crippen molar-refractivity contribution in [3.05, 3.63) is 77.1 Å². The van der Waals surface area contributed by atoms with E-state index in [1.807, 2.05) is 66.5 Å². The molecule has 25 heavy (non-hydrogen) atoms. The maximum Gasteiger partial charge on any atom is 0.241 e. The van der Waals surface area contributed by atoms with Crippen molar-refractivity contribution in [2.45, 2.75) is 13.1 Å². The van der Waals surface area contributed by atoms with E-state index in [1.165, 1.54) is 0 Å². The van der Waals surface area contributed by atoms with Crippen LogP contribution in [0.2, 0.25) is 0 Å². The number of likely N-dealkylation sites (N-methyl/N-ethyl adjacent to an activating group) is 1. The molecule has 1 aromatic carbocycles. The summed E-state index contributed by atoms with van der Waals surface area (Å²) in [6.45, 7) is 1.23. The Morgan fingerprint density at radius 2 is 1.80 bits per heavy atom. The molecule has 0 spiro atoms. The Labute approximate surface area is 155 Å². The van der Waals surface area contributed by atoms with Crippen LogP contribution in [0.3, 0.4) is 0 Å². The largest absolute Gasteiger partial charge is 0.467 e. The number of anilines is 1. The molecule has 0 aliphatic heterocycles. The van der Waals surface area contributed by atoms with E-state index >= 15 is 0 Å². The number of para-hydroxylation sites is 1. The first-order valence-corrected chi connectivity index (χ1v) is 8.71. The van der Waals surface area contributed by atoms with Gasteiger partial charge in [-0.3, -0.25) is 9.69 Å². The lowest BCUT2D eigenvalue weighted by molar-refractivity contribution is -0.119. The second-order valence-corrected chi connectivity index (χ2v) is 6.55. The van der Waals surface area contributed by atoms with Gasteiger partial charge in [0, 0.05) is 5.69 Å². The summed E-state index contributed by atoms with van der Waals surface area (Å²) in [6.07, 6.45) is 1.61. The van der Waals surface area contributed by atoms with E-state index in [1.54, 1.807) is 11.2 Å². The van der Waals surface area contributed by atoms with E-state index in [4.69, 9.17) is 8.83 Å². The minimum Gasteiger partial charge on any atom is -0.467 e. The van der Waals surface area contributed by atoms with Crippen LogP contribution in [0.5, 0.6) is 0 Å². The van der Waals surface area contributed by atoms with Gasteiger partial charge in [-0.15, -0.1) is 0 Å². The summed E-state index contributed by atoms with van der Waals surface area (Å²) in [5, 5.41) is 0. The first-order valence-electron chi connectivity index (χ1n) is 7.92. The maximum absolute atomic E-state index is 12.9. The van der Waals surface area contributed by atoms with E-state index in [9.17, 15) is 4.79 Å². The second kappa shape index (κ2) is 8.18. The molecule has 0 bridgehead atoms. The molecule has 0 aliphatic rings. The van der Waals surface area contributed by atoms with Crippen LogP contribution >= 0.6 is 15.9 Å².